The minimum absolute atomic E-state index is 0.778. The first-order chi connectivity index (χ1) is 21.5. The van der Waals surface area contributed by atoms with Crippen LogP contribution in [0, 0.1) is 0 Å². The molecule has 0 aliphatic carbocycles. The van der Waals surface area contributed by atoms with Gasteiger partial charge in [0.05, 0.1) is 53.4 Å². The molecule has 28 heteroatoms. The van der Waals surface area contributed by atoms with E-state index in [1.807, 2.05) is 0 Å². The molecule has 2 aliphatic rings. The first-order valence-electron chi connectivity index (χ1n) is 13.9. The molecule has 0 atom stereocenters. The summed E-state index contributed by atoms with van der Waals surface area (Å²) in [5, 5.41) is 0. The highest BCUT2D eigenvalue weighted by Crippen LogP contribution is 2.37. The van der Waals surface area contributed by atoms with Crippen LogP contribution in [0.4, 0.5) is 52.7 Å². The number of nitrogens with zero attached hydrogens (tertiary/aromatic N) is 4. The van der Waals surface area contributed by atoms with E-state index in [-0.39, 0.29) is 0 Å². The number of alkyl halides is 12. The predicted molar refractivity (Wildman–Crippen MR) is 150 cm³/mol. The van der Waals surface area contributed by atoms with Gasteiger partial charge >= 0.3 is 22.0 Å². The van der Waals surface area contributed by atoms with E-state index in [9.17, 15) is 86.4 Å². The van der Waals surface area contributed by atoms with Crippen LogP contribution in [0.2, 0.25) is 0 Å². The van der Waals surface area contributed by atoms with Gasteiger partial charge in [0.1, 0.15) is 0 Å². The summed E-state index contributed by atoms with van der Waals surface area (Å²) in [4.78, 5) is 0. The Morgan fingerprint density at radius 3 is 0.796 bits per heavy atom. The van der Waals surface area contributed by atoms with Crippen LogP contribution in [0.15, 0.2) is 0 Å². The molecule has 0 N–H and O–H groups in total. The Balaban J connectivity index is 0.000000715. The van der Waals surface area contributed by atoms with Crippen molar-refractivity contribution in [1.29, 1.82) is 0 Å². The quantitative estimate of drug-likeness (QED) is 0.158. The Hall–Kier alpha value is -1.20. The van der Waals surface area contributed by atoms with Gasteiger partial charge in [-0.3, -0.25) is 0 Å². The molecule has 0 saturated carbocycles. The molecule has 2 fully saturated rings. The maximum atomic E-state index is 11.4. The predicted octanol–water partition coefficient (Wildman–Crippen LogP) is 5.54. The summed E-state index contributed by atoms with van der Waals surface area (Å²) >= 11 is 0. The maximum absolute atomic E-state index is 11.4. The number of halogens is 12. The van der Waals surface area contributed by atoms with E-state index in [4.69, 9.17) is 0 Å². The summed E-state index contributed by atoms with van der Waals surface area (Å²) in [6.45, 7) is 8.62. The van der Waals surface area contributed by atoms with Crippen molar-refractivity contribution in [2.24, 2.45) is 0 Å². The van der Waals surface area contributed by atoms with Gasteiger partial charge in [-0.25, -0.2) is 33.7 Å². The number of sulfonamides is 4. The summed E-state index contributed by atoms with van der Waals surface area (Å²) in [5.41, 5.74) is -24.8. The van der Waals surface area contributed by atoms with Gasteiger partial charge in [-0.15, -0.1) is 0 Å². The average molecular weight is 829 g/mol. The molecule has 2 rings (SSSR count). The zero-order valence-corrected chi connectivity index (χ0v) is 29.1. The summed E-state index contributed by atoms with van der Waals surface area (Å²) in [7, 11) is -21.9. The molecule has 0 aromatic rings. The third-order valence-corrected chi connectivity index (χ3v) is 12.7. The molecule has 2 heterocycles. The second-order valence-corrected chi connectivity index (χ2v) is 18.4. The van der Waals surface area contributed by atoms with Gasteiger partial charge in [-0.05, 0) is 57.8 Å². The maximum Gasteiger partial charge on any atom is 0.480 e. The lowest BCUT2D eigenvalue weighted by molar-refractivity contribution is -0.916. The van der Waals surface area contributed by atoms with E-state index in [1.165, 1.54) is 106 Å². The van der Waals surface area contributed by atoms with E-state index in [2.05, 4.69) is 14.1 Å². The van der Waals surface area contributed by atoms with Crippen molar-refractivity contribution in [3.63, 3.8) is 0 Å². The lowest BCUT2D eigenvalue weighted by Crippen LogP contribution is -2.49. The molecule has 0 radical (unpaired) electrons. The fourth-order valence-electron chi connectivity index (χ4n) is 4.59. The van der Waals surface area contributed by atoms with Crippen LogP contribution in [-0.4, -0.2) is 118 Å². The molecule has 2 aliphatic heterocycles. The van der Waals surface area contributed by atoms with Crippen molar-refractivity contribution < 1.29 is 95.3 Å². The third kappa shape index (κ3) is 15.9. The summed E-state index contributed by atoms with van der Waals surface area (Å²) in [6.07, 6.45) is 13.2. The van der Waals surface area contributed by atoms with Crippen LogP contribution in [0.5, 0.6) is 0 Å². The highest BCUT2D eigenvalue weighted by atomic mass is 32.3. The van der Waals surface area contributed by atoms with Gasteiger partial charge in [0.15, 0.2) is 40.1 Å². The first kappa shape index (κ1) is 47.8. The van der Waals surface area contributed by atoms with Gasteiger partial charge in [0.25, 0.3) is 0 Å². The lowest BCUT2D eigenvalue weighted by Gasteiger charge is -2.39. The molecule has 0 aromatic heterocycles. The fraction of sp³-hybridized carbons (Fsp3) is 1.00. The lowest BCUT2D eigenvalue weighted by atomic mass is 10.1. The standard InChI is InChI=1S/C17H36N2.2C2F6NO4S2/c1-18(12-6-3-7-13-18)16-10-5-11-17-19(2)14-8-4-9-15-19;2*3-1(4,5)14(10,11)9-15(12,13)2(6,7)8/h3-17H2,1-2H3;;/q+2;2*-1. The molecular weight excluding hydrogens is 792 g/mol. The van der Waals surface area contributed by atoms with E-state index in [0.717, 1.165) is 8.25 Å². The normalized spacial score (nSPS) is 19.6. The number of likely N-dealkylation sites (tertiary alicyclic amines) is 2. The molecular formula is C21H36F12N4O8S4. The second kappa shape index (κ2) is 17.1. The van der Waals surface area contributed by atoms with Gasteiger partial charge in [-0.1, -0.05) is 0 Å². The molecule has 296 valence electrons. The Morgan fingerprint density at radius 1 is 0.408 bits per heavy atom. The highest BCUT2D eigenvalue weighted by Gasteiger charge is 2.48. The fourth-order valence-corrected chi connectivity index (χ4v) is 8.01. The third-order valence-electron chi connectivity index (χ3n) is 7.25. The SMILES string of the molecule is C[N+]1(CCCCC[N+]2(C)CCCCC2)CCCCC1.O=S(=O)([N-]S(=O)(=O)C(F)(F)F)C(F)(F)F.O=S(=O)([N-]S(=O)(=O)C(F)(F)F)C(F)(F)F. The molecule has 49 heavy (non-hydrogen) atoms. The van der Waals surface area contributed by atoms with Gasteiger partial charge in [-0.2, -0.15) is 52.7 Å². The monoisotopic (exact) mass is 828 g/mol. The Kier molecular flexibility index (Phi) is 16.7. The van der Waals surface area contributed by atoms with Crippen LogP contribution in [0.3, 0.4) is 0 Å². The Labute approximate surface area is 276 Å². The summed E-state index contributed by atoms with van der Waals surface area (Å²) in [6, 6.07) is 0. The van der Waals surface area contributed by atoms with Crippen molar-refractivity contribution >= 4 is 40.1 Å². The zero-order chi connectivity index (χ0) is 39.0. The highest BCUT2D eigenvalue weighted by molar-refractivity contribution is 8.13. The van der Waals surface area contributed by atoms with E-state index >= 15 is 0 Å². The number of hydrogen-bond acceptors (Lipinski definition) is 8. The van der Waals surface area contributed by atoms with E-state index in [1.54, 1.807) is 0 Å². The van der Waals surface area contributed by atoms with Gasteiger partial charge < -0.3 is 17.2 Å². The number of quaternary nitrogens is 2. The van der Waals surface area contributed by atoms with Gasteiger partial charge in [0, 0.05) is 0 Å². The van der Waals surface area contributed by atoms with Crippen LogP contribution < -0.4 is 0 Å². The molecule has 0 aromatic carbocycles. The molecule has 12 nitrogen and oxygen atoms in total. The second-order valence-electron chi connectivity index (χ2n) is 11.6. The molecule has 0 bridgehead atoms. The summed E-state index contributed by atoms with van der Waals surface area (Å²) in [5.74, 6) is 0. The smallest absolute Gasteiger partial charge is 0.421 e. The van der Waals surface area contributed by atoms with E-state index < -0.39 is 62.1 Å². The molecule has 2 saturated heterocycles. The molecule has 0 spiro atoms. The van der Waals surface area contributed by atoms with Crippen molar-refractivity contribution in [1.82, 2.24) is 0 Å². The topological polar surface area (TPSA) is 165 Å². The number of piperidine rings is 2. The first-order valence-corrected chi connectivity index (χ1v) is 19.7. The minimum atomic E-state index is -6.72. The van der Waals surface area contributed by atoms with Crippen LogP contribution in [0.25, 0.3) is 8.25 Å². The van der Waals surface area contributed by atoms with Crippen LogP contribution in [0.1, 0.15) is 57.8 Å². The van der Waals surface area contributed by atoms with Crippen molar-refractivity contribution in [2.45, 2.75) is 79.8 Å². The van der Waals surface area contributed by atoms with Crippen molar-refractivity contribution in [3.8, 4) is 0 Å². The van der Waals surface area contributed by atoms with Crippen molar-refractivity contribution in [2.75, 3.05) is 53.4 Å². The molecule has 0 unspecified atom stereocenters. The van der Waals surface area contributed by atoms with Crippen LogP contribution in [-0.2, 0) is 40.1 Å². The van der Waals surface area contributed by atoms with Crippen molar-refractivity contribution in [3.05, 3.63) is 8.25 Å². The van der Waals surface area contributed by atoms with Gasteiger partial charge in [0.2, 0.25) is 0 Å². The largest absolute Gasteiger partial charge is 0.480 e. The minimum Gasteiger partial charge on any atom is -0.421 e. The van der Waals surface area contributed by atoms with Crippen LogP contribution >= 0.6 is 0 Å². The summed E-state index contributed by atoms with van der Waals surface area (Å²) < 4.78 is 221. The Morgan fingerprint density at radius 2 is 0.612 bits per heavy atom. The number of hydrogen-bond donors (Lipinski definition) is 0. The average Bonchev–Trinajstić information content (AvgIpc) is 2.86. The number of unbranched alkanes of at least 4 members (excludes halogenated alkanes) is 2. The molecule has 0 amide bonds. The number of rotatable bonds is 10. The van der Waals surface area contributed by atoms with E-state index in [0.29, 0.717) is 0 Å². The zero-order valence-electron chi connectivity index (χ0n) is 25.8. The Bertz CT molecular complexity index is 1290.